The molecule has 0 unspecified atom stereocenters. The first-order chi connectivity index (χ1) is 7.36. The molecule has 0 aliphatic heterocycles. The van der Waals surface area contributed by atoms with E-state index in [1.54, 1.807) is 6.26 Å². The summed E-state index contributed by atoms with van der Waals surface area (Å²) in [7, 11) is 0. The molecule has 0 aromatic heterocycles. The van der Waals surface area contributed by atoms with Crippen LogP contribution in [-0.4, -0.2) is 6.61 Å². The average molecular weight is 204 g/mol. The number of hydrogen-bond donors (Lipinski definition) is 0. The van der Waals surface area contributed by atoms with Crippen molar-refractivity contribution in [1.82, 2.24) is 0 Å². The summed E-state index contributed by atoms with van der Waals surface area (Å²) in [5, 5.41) is 0. The summed E-state index contributed by atoms with van der Waals surface area (Å²) in [4.78, 5) is 0. The van der Waals surface area contributed by atoms with Crippen LogP contribution in [0.1, 0.15) is 37.8 Å². The first-order valence-corrected chi connectivity index (χ1v) is 5.74. The van der Waals surface area contributed by atoms with Gasteiger partial charge in [0.05, 0.1) is 12.9 Å². The molecule has 0 saturated carbocycles. The number of aryl methyl sites for hydroxylation is 1. The van der Waals surface area contributed by atoms with Crippen molar-refractivity contribution in [2.45, 2.75) is 33.1 Å². The molecule has 0 saturated heterocycles. The lowest BCUT2D eigenvalue weighted by Gasteiger charge is -2.00. The van der Waals surface area contributed by atoms with Gasteiger partial charge in [-0.05, 0) is 30.0 Å². The predicted octanol–water partition coefficient (Wildman–Crippen LogP) is 4.04. The maximum atomic E-state index is 5.37. The summed E-state index contributed by atoms with van der Waals surface area (Å²) in [6.07, 6.45) is 7.20. The highest BCUT2D eigenvalue weighted by Gasteiger charge is 1.90. The molecule has 0 fully saturated rings. The van der Waals surface area contributed by atoms with Gasteiger partial charge in [0.25, 0.3) is 0 Å². The van der Waals surface area contributed by atoms with Crippen molar-refractivity contribution < 1.29 is 4.74 Å². The molecule has 0 aliphatic carbocycles. The van der Waals surface area contributed by atoms with Crippen LogP contribution in [0.4, 0.5) is 0 Å². The highest BCUT2D eigenvalue weighted by Crippen LogP contribution is 2.07. The second kappa shape index (κ2) is 7.10. The SMILES string of the molecule is CCCCOC=Cc1cccc(CC)c1. The third kappa shape index (κ3) is 4.68. The van der Waals surface area contributed by atoms with Gasteiger partial charge >= 0.3 is 0 Å². The zero-order valence-electron chi connectivity index (χ0n) is 9.70. The Bertz CT molecular complexity index is 302. The van der Waals surface area contributed by atoms with Gasteiger partial charge in [-0.1, -0.05) is 44.5 Å². The van der Waals surface area contributed by atoms with Gasteiger partial charge in [-0.15, -0.1) is 0 Å². The second-order valence-corrected chi connectivity index (χ2v) is 3.63. The molecule has 1 heteroatoms. The van der Waals surface area contributed by atoms with Crippen molar-refractivity contribution in [3.05, 3.63) is 41.7 Å². The van der Waals surface area contributed by atoms with E-state index < -0.39 is 0 Å². The van der Waals surface area contributed by atoms with Crippen LogP contribution in [0.25, 0.3) is 6.08 Å². The van der Waals surface area contributed by atoms with Gasteiger partial charge in [0.15, 0.2) is 0 Å². The van der Waals surface area contributed by atoms with Gasteiger partial charge < -0.3 is 4.74 Å². The Labute approximate surface area is 92.8 Å². The van der Waals surface area contributed by atoms with Crippen molar-refractivity contribution in [2.75, 3.05) is 6.61 Å². The third-order valence-electron chi connectivity index (χ3n) is 2.33. The molecule has 82 valence electrons. The van der Waals surface area contributed by atoms with Crippen LogP contribution in [0.3, 0.4) is 0 Å². The fourth-order valence-corrected chi connectivity index (χ4v) is 1.34. The summed E-state index contributed by atoms with van der Waals surface area (Å²) >= 11 is 0. The van der Waals surface area contributed by atoms with Crippen LogP contribution in [0, 0.1) is 0 Å². The molecule has 0 radical (unpaired) electrons. The van der Waals surface area contributed by atoms with E-state index in [4.69, 9.17) is 4.74 Å². The van der Waals surface area contributed by atoms with Gasteiger partial charge in [0, 0.05) is 0 Å². The van der Waals surface area contributed by atoms with Crippen LogP contribution >= 0.6 is 0 Å². The van der Waals surface area contributed by atoms with E-state index in [1.807, 2.05) is 6.08 Å². The lowest BCUT2D eigenvalue weighted by Crippen LogP contribution is -1.85. The molecule has 0 spiro atoms. The summed E-state index contributed by atoms with van der Waals surface area (Å²) < 4.78 is 5.37. The van der Waals surface area contributed by atoms with Gasteiger partial charge in [-0.3, -0.25) is 0 Å². The Hall–Kier alpha value is -1.24. The average Bonchev–Trinajstić information content (AvgIpc) is 2.29. The highest BCUT2D eigenvalue weighted by atomic mass is 16.5. The quantitative estimate of drug-likeness (QED) is 0.502. The molecule has 0 atom stereocenters. The zero-order chi connectivity index (χ0) is 10.9. The predicted molar refractivity (Wildman–Crippen MR) is 65.7 cm³/mol. The first-order valence-electron chi connectivity index (χ1n) is 5.74. The van der Waals surface area contributed by atoms with Crippen molar-refractivity contribution >= 4 is 6.08 Å². The summed E-state index contributed by atoms with van der Waals surface area (Å²) in [5.41, 5.74) is 2.58. The lowest BCUT2D eigenvalue weighted by atomic mass is 10.1. The highest BCUT2D eigenvalue weighted by molar-refractivity contribution is 5.49. The lowest BCUT2D eigenvalue weighted by molar-refractivity contribution is 0.246. The van der Waals surface area contributed by atoms with Gasteiger partial charge in [0.2, 0.25) is 0 Å². The van der Waals surface area contributed by atoms with E-state index in [0.717, 1.165) is 19.4 Å². The van der Waals surface area contributed by atoms with E-state index in [0.29, 0.717) is 0 Å². The molecule has 1 aromatic rings. The largest absolute Gasteiger partial charge is 0.501 e. The zero-order valence-corrected chi connectivity index (χ0v) is 9.70. The van der Waals surface area contributed by atoms with Crippen molar-refractivity contribution in [1.29, 1.82) is 0 Å². The minimum Gasteiger partial charge on any atom is -0.501 e. The normalized spacial score (nSPS) is 10.8. The second-order valence-electron chi connectivity index (χ2n) is 3.63. The van der Waals surface area contributed by atoms with Gasteiger partial charge in [-0.2, -0.15) is 0 Å². The molecular formula is C14H20O. The maximum absolute atomic E-state index is 5.37. The molecule has 0 amide bonds. The third-order valence-corrected chi connectivity index (χ3v) is 2.33. The molecule has 0 N–H and O–H groups in total. The molecule has 1 aromatic carbocycles. The standard InChI is InChI=1S/C14H20O/c1-3-5-10-15-11-9-14-8-6-7-13(4-2)12-14/h6-9,11-12H,3-5,10H2,1-2H3. The molecule has 15 heavy (non-hydrogen) atoms. The van der Waals surface area contributed by atoms with Crippen LogP contribution in [0.2, 0.25) is 0 Å². The smallest absolute Gasteiger partial charge is 0.0873 e. The van der Waals surface area contributed by atoms with Crippen molar-refractivity contribution in [3.8, 4) is 0 Å². The molecule has 1 nitrogen and oxygen atoms in total. The molecule has 1 rings (SSSR count). The number of rotatable bonds is 6. The summed E-state index contributed by atoms with van der Waals surface area (Å²) in [6.45, 7) is 5.15. The minimum atomic E-state index is 0.820. The van der Waals surface area contributed by atoms with Crippen LogP contribution in [0.15, 0.2) is 30.5 Å². The number of ether oxygens (including phenoxy) is 1. The molecule has 0 heterocycles. The summed E-state index contributed by atoms with van der Waals surface area (Å²) in [6, 6.07) is 8.53. The van der Waals surface area contributed by atoms with E-state index in [-0.39, 0.29) is 0 Å². The Kier molecular flexibility index (Phi) is 5.60. The Morgan fingerprint density at radius 2 is 2.13 bits per heavy atom. The maximum Gasteiger partial charge on any atom is 0.0873 e. The van der Waals surface area contributed by atoms with E-state index in [2.05, 4.69) is 38.1 Å². The van der Waals surface area contributed by atoms with Gasteiger partial charge in [-0.25, -0.2) is 0 Å². The van der Waals surface area contributed by atoms with Gasteiger partial charge in [0.1, 0.15) is 0 Å². The minimum absolute atomic E-state index is 0.820. The van der Waals surface area contributed by atoms with E-state index in [1.165, 1.54) is 17.5 Å². The topological polar surface area (TPSA) is 9.23 Å². The molecular weight excluding hydrogens is 184 g/mol. The Morgan fingerprint density at radius 3 is 2.87 bits per heavy atom. The molecule has 0 aliphatic rings. The monoisotopic (exact) mass is 204 g/mol. The number of unbranched alkanes of at least 4 members (excludes halogenated alkanes) is 1. The number of hydrogen-bond acceptors (Lipinski definition) is 1. The summed E-state index contributed by atoms with van der Waals surface area (Å²) in [5.74, 6) is 0. The Morgan fingerprint density at radius 1 is 1.27 bits per heavy atom. The van der Waals surface area contributed by atoms with Crippen LogP contribution < -0.4 is 0 Å². The first kappa shape index (κ1) is 11.8. The van der Waals surface area contributed by atoms with Crippen LogP contribution in [0.5, 0.6) is 0 Å². The van der Waals surface area contributed by atoms with E-state index >= 15 is 0 Å². The fourth-order valence-electron chi connectivity index (χ4n) is 1.34. The molecule has 0 bridgehead atoms. The fraction of sp³-hybridized carbons (Fsp3) is 0.429. The number of benzene rings is 1. The van der Waals surface area contributed by atoms with Crippen molar-refractivity contribution in [3.63, 3.8) is 0 Å². The van der Waals surface area contributed by atoms with Crippen LogP contribution in [-0.2, 0) is 11.2 Å². The Balaban J connectivity index is 2.41. The van der Waals surface area contributed by atoms with Crippen molar-refractivity contribution in [2.24, 2.45) is 0 Å². The van der Waals surface area contributed by atoms with E-state index in [9.17, 15) is 0 Å².